The highest BCUT2D eigenvalue weighted by atomic mass is 32.1. The van der Waals surface area contributed by atoms with Crippen LogP contribution in [0.2, 0.25) is 0 Å². The van der Waals surface area contributed by atoms with Gasteiger partial charge in [-0.1, -0.05) is 25.2 Å². The Hall–Kier alpha value is -0.630. The summed E-state index contributed by atoms with van der Waals surface area (Å²) >= 11 is 4.16. The largest absolute Gasteiger partial charge is 0.399 e. The highest BCUT2D eigenvalue weighted by Crippen LogP contribution is 2.11. The van der Waals surface area contributed by atoms with Gasteiger partial charge in [0.25, 0.3) is 0 Å². The van der Waals surface area contributed by atoms with Gasteiger partial charge < -0.3 is 5.73 Å². The Balaban J connectivity index is 3.75. The lowest BCUT2D eigenvalue weighted by molar-refractivity contribution is 0.646. The Morgan fingerprint density at radius 1 is 1.46 bits per heavy atom. The van der Waals surface area contributed by atoms with Gasteiger partial charge in [-0.2, -0.15) is 12.6 Å². The second-order valence-electron chi connectivity index (χ2n) is 3.05. The van der Waals surface area contributed by atoms with E-state index in [9.17, 15) is 0 Å². The van der Waals surface area contributed by atoms with Crippen molar-refractivity contribution < 1.29 is 0 Å². The van der Waals surface area contributed by atoms with Crippen LogP contribution in [-0.2, 0) is 0 Å². The van der Waals surface area contributed by atoms with E-state index in [1.807, 2.05) is 18.2 Å². The van der Waals surface area contributed by atoms with Crippen LogP contribution in [0, 0.1) is 5.92 Å². The van der Waals surface area contributed by atoms with Gasteiger partial charge in [-0.3, -0.25) is 0 Å². The molecule has 0 aliphatic carbocycles. The average molecular weight is 197 g/mol. The minimum absolute atomic E-state index is 0.417. The number of allylic oxidation sites excluding steroid dienone is 3. The third-order valence-electron chi connectivity index (χ3n) is 1.81. The molecule has 0 aromatic carbocycles. The summed E-state index contributed by atoms with van der Waals surface area (Å²) < 4.78 is 0. The molecule has 0 aliphatic heterocycles. The molecule has 0 aromatic heterocycles. The third-order valence-corrected chi connectivity index (χ3v) is 2.12. The second kappa shape index (κ2) is 7.99. The molecule has 0 radical (unpaired) electrons. The Kier molecular flexibility index (Phi) is 7.60. The van der Waals surface area contributed by atoms with Gasteiger partial charge in [0.15, 0.2) is 0 Å². The van der Waals surface area contributed by atoms with E-state index in [0.29, 0.717) is 11.6 Å². The fourth-order valence-corrected chi connectivity index (χ4v) is 1.26. The summed E-state index contributed by atoms with van der Waals surface area (Å²) in [6, 6.07) is 0. The van der Waals surface area contributed by atoms with E-state index in [2.05, 4.69) is 25.8 Å². The Labute approximate surface area is 86.8 Å². The number of unbranched alkanes of at least 4 members (excludes halogenated alkanes) is 1. The Morgan fingerprint density at radius 2 is 2.15 bits per heavy atom. The first-order valence-corrected chi connectivity index (χ1v) is 5.20. The van der Waals surface area contributed by atoms with Crippen molar-refractivity contribution in [3.8, 4) is 0 Å². The maximum atomic E-state index is 5.42. The molecule has 0 unspecified atom stereocenters. The molecule has 2 heteroatoms. The maximum absolute atomic E-state index is 5.42. The molecule has 0 rings (SSSR count). The monoisotopic (exact) mass is 197 g/mol. The van der Waals surface area contributed by atoms with Crippen LogP contribution in [0.1, 0.15) is 19.3 Å². The van der Waals surface area contributed by atoms with Crippen molar-refractivity contribution in [2.45, 2.75) is 19.3 Å². The molecular weight excluding hydrogens is 178 g/mol. The standard InChI is InChI=1S/C11H19NS/c1-3-11(6-4-5-9-13)8-7-10(2)12/h3,7-8,11,13H,1-2,4-6,9,12H2/b8-7-/t11-/m1/s1. The molecule has 0 saturated heterocycles. The predicted molar refractivity (Wildman–Crippen MR) is 63.9 cm³/mol. The topological polar surface area (TPSA) is 26.0 Å². The van der Waals surface area contributed by atoms with E-state index in [1.54, 1.807) is 0 Å². The predicted octanol–water partition coefficient (Wildman–Crippen LogP) is 2.92. The molecule has 0 aromatic rings. The van der Waals surface area contributed by atoms with Crippen LogP contribution in [0.3, 0.4) is 0 Å². The quantitative estimate of drug-likeness (QED) is 0.279. The lowest BCUT2D eigenvalue weighted by Crippen LogP contribution is -1.94. The lowest BCUT2D eigenvalue weighted by atomic mass is 10.0. The first-order chi connectivity index (χ1) is 6.20. The van der Waals surface area contributed by atoms with Gasteiger partial charge in [0.2, 0.25) is 0 Å². The molecule has 2 N–H and O–H groups in total. The molecule has 1 atom stereocenters. The molecule has 13 heavy (non-hydrogen) atoms. The molecule has 0 aliphatic rings. The summed E-state index contributed by atoms with van der Waals surface area (Å²) in [5.41, 5.74) is 6.02. The first-order valence-electron chi connectivity index (χ1n) is 4.56. The number of hydrogen-bond donors (Lipinski definition) is 2. The number of rotatable bonds is 7. The zero-order valence-electron chi connectivity index (χ0n) is 8.08. The van der Waals surface area contributed by atoms with Gasteiger partial charge in [-0.25, -0.2) is 0 Å². The van der Waals surface area contributed by atoms with E-state index < -0.39 is 0 Å². The normalized spacial score (nSPS) is 13.0. The van der Waals surface area contributed by atoms with Crippen LogP contribution < -0.4 is 5.73 Å². The molecular formula is C11H19NS. The van der Waals surface area contributed by atoms with Crippen LogP contribution >= 0.6 is 12.6 Å². The van der Waals surface area contributed by atoms with E-state index in [0.717, 1.165) is 18.6 Å². The summed E-state index contributed by atoms with van der Waals surface area (Å²) in [6.45, 7) is 7.38. The van der Waals surface area contributed by atoms with Gasteiger partial charge in [-0.15, -0.1) is 6.58 Å². The smallest absolute Gasteiger partial charge is 0.0237 e. The number of nitrogens with two attached hydrogens (primary N) is 1. The first kappa shape index (κ1) is 12.4. The van der Waals surface area contributed by atoms with Crippen molar-refractivity contribution >= 4 is 12.6 Å². The van der Waals surface area contributed by atoms with Gasteiger partial charge in [0.05, 0.1) is 0 Å². The molecule has 0 heterocycles. The van der Waals surface area contributed by atoms with E-state index in [-0.39, 0.29) is 0 Å². The molecule has 74 valence electrons. The van der Waals surface area contributed by atoms with Crippen LogP contribution in [0.5, 0.6) is 0 Å². The SMILES string of the molecule is C=C[C@@H](/C=C\C(=C)N)CCCCS. The van der Waals surface area contributed by atoms with Crippen LogP contribution in [0.25, 0.3) is 0 Å². The molecule has 0 fully saturated rings. The van der Waals surface area contributed by atoms with Crippen LogP contribution in [0.4, 0.5) is 0 Å². The van der Waals surface area contributed by atoms with Crippen molar-refractivity contribution in [2.75, 3.05) is 5.75 Å². The van der Waals surface area contributed by atoms with Crippen LogP contribution in [0.15, 0.2) is 37.1 Å². The fourth-order valence-electron chi connectivity index (χ4n) is 1.03. The minimum Gasteiger partial charge on any atom is -0.399 e. The zero-order chi connectivity index (χ0) is 10.1. The van der Waals surface area contributed by atoms with Crippen molar-refractivity contribution in [1.82, 2.24) is 0 Å². The molecule has 1 nitrogen and oxygen atoms in total. The van der Waals surface area contributed by atoms with Crippen molar-refractivity contribution in [3.05, 3.63) is 37.1 Å². The van der Waals surface area contributed by atoms with Gasteiger partial charge in [0, 0.05) is 5.70 Å². The highest BCUT2D eigenvalue weighted by molar-refractivity contribution is 7.80. The summed E-state index contributed by atoms with van der Waals surface area (Å²) in [6.07, 6.45) is 9.29. The summed E-state index contributed by atoms with van der Waals surface area (Å²) in [7, 11) is 0. The summed E-state index contributed by atoms with van der Waals surface area (Å²) in [5, 5.41) is 0. The molecule has 0 spiro atoms. The van der Waals surface area contributed by atoms with Crippen LogP contribution in [-0.4, -0.2) is 5.75 Å². The van der Waals surface area contributed by atoms with Crippen molar-refractivity contribution in [1.29, 1.82) is 0 Å². The molecule has 0 saturated carbocycles. The van der Waals surface area contributed by atoms with Crippen molar-refractivity contribution in [2.24, 2.45) is 11.7 Å². The number of thiol groups is 1. The van der Waals surface area contributed by atoms with Crippen molar-refractivity contribution in [3.63, 3.8) is 0 Å². The summed E-state index contributed by atoms with van der Waals surface area (Å²) in [4.78, 5) is 0. The van der Waals surface area contributed by atoms with E-state index in [1.165, 1.54) is 6.42 Å². The zero-order valence-corrected chi connectivity index (χ0v) is 8.97. The molecule has 0 bridgehead atoms. The maximum Gasteiger partial charge on any atom is 0.0237 e. The number of hydrogen-bond acceptors (Lipinski definition) is 2. The highest BCUT2D eigenvalue weighted by Gasteiger charge is 1.98. The van der Waals surface area contributed by atoms with Gasteiger partial charge >= 0.3 is 0 Å². The Morgan fingerprint density at radius 3 is 2.62 bits per heavy atom. The van der Waals surface area contributed by atoms with Gasteiger partial charge in [-0.05, 0) is 30.6 Å². The van der Waals surface area contributed by atoms with E-state index in [4.69, 9.17) is 5.73 Å². The summed E-state index contributed by atoms with van der Waals surface area (Å²) in [5.74, 6) is 1.37. The average Bonchev–Trinajstić information content (AvgIpc) is 2.10. The minimum atomic E-state index is 0.417. The fraction of sp³-hybridized carbons (Fsp3) is 0.455. The van der Waals surface area contributed by atoms with Gasteiger partial charge in [0.1, 0.15) is 0 Å². The lowest BCUT2D eigenvalue weighted by Gasteiger charge is -2.05. The molecule has 0 amide bonds. The Bertz CT molecular complexity index is 185. The third kappa shape index (κ3) is 7.72. The van der Waals surface area contributed by atoms with E-state index >= 15 is 0 Å². The second-order valence-corrected chi connectivity index (χ2v) is 3.50.